The van der Waals surface area contributed by atoms with E-state index >= 15 is 0 Å². The van der Waals surface area contributed by atoms with Crippen LogP contribution in [0.4, 0.5) is 0 Å². The second-order valence-corrected chi connectivity index (χ2v) is 8.23. The summed E-state index contributed by atoms with van der Waals surface area (Å²) in [6.07, 6.45) is 4.76. The molecular formula is C17H25N4O5S-. The molecule has 0 bridgehead atoms. The number of nitrogens with one attached hydrogen (secondary N) is 1. The maximum absolute atomic E-state index is 12.9. The third-order valence-electron chi connectivity index (χ3n) is 5.18. The van der Waals surface area contributed by atoms with E-state index in [-0.39, 0.29) is 43.2 Å². The van der Waals surface area contributed by atoms with Crippen LogP contribution < -0.4 is 11.2 Å². The summed E-state index contributed by atoms with van der Waals surface area (Å²) in [5, 5.41) is 8.20. The predicted octanol–water partition coefficient (Wildman–Crippen LogP) is 0.584. The molecule has 0 aromatic carbocycles. The molecule has 1 fully saturated rings. The van der Waals surface area contributed by atoms with Gasteiger partial charge in [-0.1, -0.05) is 30.8 Å². The average molecular weight is 397 g/mol. The summed E-state index contributed by atoms with van der Waals surface area (Å²) in [4.78, 5) is 33.3. The Kier molecular flexibility index (Phi) is 6.28. The number of aliphatic hydroxyl groups is 1. The van der Waals surface area contributed by atoms with Crippen molar-refractivity contribution in [1.29, 1.82) is 0 Å². The quantitative estimate of drug-likeness (QED) is 0.626. The zero-order valence-corrected chi connectivity index (χ0v) is 16.2. The summed E-state index contributed by atoms with van der Waals surface area (Å²) < 4.78 is 25.4. The van der Waals surface area contributed by atoms with Gasteiger partial charge >= 0.3 is 5.69 Å². The standard InChI is InChI=1S/C17H26N4O5S/c1-2-8-20-16(23)13-15(19-14(18-13)11-5-3-4-6-11)21(17(20)24)10-12(7-9-22)27(25)26/h11-12,22H,2-10H2,1H3,(H,18,19)(H,25,26)/p-1. The lowest BCUT2D eigenvalue weighted by atomic mass is 10.1. The predicted molar refractivity (Wildman–Crippen MR) is 101 cm³/mol. The van der Waals surface area contributed by atoms with Gasteiger partial charge in [-0.3, -0.25) is 18.1 Å². The Morgan fingerprint density at radius 1 is 1.33 bits per heavy atom. The molecule has 2 N–H and O–H groups in total. The maximum atomic E-state index is 12.9. The smallest absolute Gasteiger partial charge is 0.332 e. The van der Waals surface area contributed by atoms with Crippen molar-refractivity contribution in [2.75, 3.05) is 6.61 Å². The minimum Gasteiger partial charge on any atom is -0.772 e. The number of aliphatic hydroxyl groups excluding tert-OH is 1. The highest BCUT2D eigenvalue weighted by atomic mass is 32.2. The largest absolute Gasteiger partial charge is 0.772 e. The minimum atomic E-state index is -2.46. The SMILES string of the molecule is CCCn1c(=O)c2[nH]c(C3CCCC3)nc2n(CC(CCO)S(=O)[O-])c1=O. The van der Waals surface area contributed by atoms with E-state index in [1.807, 2.05) is 6.92 Å². The summed E-state index contributed by atoms with van der Waals surface area (Å²) in [5.41, 5.74) is -0.545. The first-order chi connectivity index (χ1) is 13.0. The lowest BCUT2D eigenvalue weighted by molar-refractivity contribution is 0.280. The number of rotatable bonds is 8. The van der Waals surface area contributed by atoms with Crippen molar-refractivity contribution in [2.45, 2.75) is 69.7 Å². The van der Waals surface area contributed by atoms with Crippen molar-refractivity contribution in [1.82, 2.24) is 19.1 Å². The maximum Gasteiger partial charge on any atom is 0.332 e. The number of hydrogen-bond donors (Lipinski definition) is 2. The molecule has 2 unspecified atom stereocenters. The topological polar surface area (TPSA) is 133 Å². The van der Waals surface area contributed by atoms with E-state index in [9.17, 15) is 18.4 Å². The highest BCUT2D eigenvalue weighted by molar-refractivity contribution is 7.79. The second-order valence-electron chi connectivity index (χ2n) is 7.05. The fraction of sp³-hybridized carbons (Fsp3) is 0.706. The molecular weight excluding hydrogens is 372 g/mol. The second kappa shape index (κ2) is 8.49. The average Bonchev–Trinajstić information content (AvgIpc) is 3.30. The van der Waals surface area contributed by atoms with Gasteiger partial charge in [0, 0.05) is 30.9 Å². The van der Waals surface area contributed by atoms with Crippen LogP contribution in [0.3, 0.4) is 0 Å². The lowest BCUT2D eigenvalue weighted by Gasteiger charge is -2.20. The first-order valence-electron chi connectivity index (χ1n) is 9.40. The zero-order valence-electron chi connectivity index (χ0n) is 15.3. The van der Waals surface area contributed by atoms with E-state index in [1.165, 1.54) is 4.57 Å². The molecule has 2 atom stereocenters. The molecule has 1 aliphatic rings. The van der Waals surface area contributed by atoms with Crippen molar-refractivity contribution in [3.63, 3.8) is 0 Å². The number of aromatic amines is 1. The number of nitrogens with zero attached hydrogens (tertiary/aromatic N) is 3. The minimum absolute atomic E-state index is 0.0108. The van der Waals surface area contributed by atoms with Crippen molar-refractivity contribution in [2.24, 2.45) is 0 Å². The summed E-state index contributed by atoms with van der Waals surface area (Å²) in [7, 11) is 0. The first-order valence-corrected chi connectivity index (χ1v) is 10.5. The normalized spacial score (nSPS) is 17.6. The van der Waals surface area contributed by atoms with Crippen molar-refractivity contribution in [3.05, 3.63) is 26.7 Å². The van der Waals surface area contributed by atoms with E-state index in [2.05, 4.69) is 9.97 Å². The Bertz CT molecular complexity index is 941. The van der Waals surface area contributed by atoms with Crippen LogP contribution in [-0.2, 0) is 24.2 Å². The molecule has 0 amide bonds. The molecule has 0 saturated heterocycles. The monoisotopic (exact) mass is 397 g/mol. The molecule has 0 aliphatic heterocycles. The first kappa shape index (κ1) is 20.0. The summed E-state index contributed by atoms with van der Waals surface area (Å²) >= 11 is -2.46. The summed E-state index contributed by atoms with van der Waals surface area (Å²) in [5.74, 6) is 0.908. The molecule has 9 nitrogen and oxygen atoms in total. The molecule has 10 heteroatoms. The fourth-order valence-electron chi connectivity index (χ4n) is 3.76. The number of imidazole rings is 1. The lowest BCUT2D eigenvalue weighted by Crippen LogP contribution is -2.42. The van der Waals surface area contributed by atoms with Gasteiger partial charge in [0.2, 0.25) is 0 Å². The van der Waals surface area contributed by atoms with Crippen LogP contribution in [0.1, 0.15) is 57.2 Å². The molecule has 2 aromatic rings. The highest BCUT2D eigenvalue weighted by Crippen LogP contribution is 2.32. The number of fused-ring (bicyclic) bond motifs is 1. The van der Waals surface area contributed by atoms with Gasteiger partial charge in [-0.25, -0.2) is 9.78 Å². The van der Waals surface area contributed by atoms with Crippen molar-refractivity contribution in [3.8, 4) is 0 Å². The Hall–Kier alpha value is -1.78. The van der Waals surface area contributed by atoms with Gasteiger partial charge in [0.15, 0.2) is 5.65 Å². The van der Waals surface area contributed by atoms with Crippen LogP contribution >= 0.6 is 0 Å². The van der Waals surface area contributed by atoms with Gasteiger partial charge in [-0.2, -0.15) is 0 Å². The van der Waals surface area contributed by atoms with Gasteiger partial charge in [0.25, 0.3) is 5.56 Å². The van der Waals surface area contributed by atoms with Gasteiger partial charge in [0.05, 0.1) is 0 Å². The molecule has 150 valence electrons. The Morgan fingerprint density at radius 3 is 2.63 bits per heavy atom. The summed E-state index contributed by atoms with van der Waals surface area (Å²) in [6.45, 7) is 1.65. The molecule has 0 spiro atoms. The van der Waals surface area contributed by atoms with Crippen LogP contribution in [0.25, 0.3) is 11.2 Å². The van der Waals surface area contributed by atoms with Gasteiger partial charge in [-0.05, 0) is 25.7 Å². The van der Waals surface area contributed by atoms with Crippen LogP contribution in [0.2, 0.25) is 0 Å². The zero-order chi connectivity index (χ0) is 19.6. The highest BCUT2D eigenvalue weighted by Gasteiger charge is 2.24. The fourth-order valence-corrected chi connectivity index (χ4v) is 4.33. The van der Waals surface area contributed by atoms with E-state index < -0.39 is 27.6 Å². The number of hydrogen-bond acceptors (Lipinski definition) is 6. The van der Waals surface area contributed by atoms with Gasteiger partial charge in [-0.15, -0.1) is 0 Å². The molecule has 1 saturated carbocycles. The third kappa shape index (κ3) is 3.92. The molecule has 2 aromatic heterocycles. The van der Waals surface area contributed by atoms with E-state index in [0.29, 0.717) is 12.2 Å². The third-order valence-corrected chi connectivity index (χ3v) is 6.11. The number of H-pyrrole nitrogens is 1. The molecule has 2 heterocycles. The Labute approximate surface area is 158 Å². The van der Waals surface area contributed by atoms with Crippen LogP contribution in [-0.4, -0.2) is 44.8 Å². The van der Waals surface area contributed by atoms with E-state index in [4.69, 9.17) is 5.11 Å². The van der Waals surface area contributed by atoms with Gasteiger partial charge in [0.1, 0.15) is 11.3 Å². The van der Waals surface area contributed by atoms with Crippen LogP contribution in [0.15, 0.2) is 9.59 Å². The molecule has 3 rings (SSSR count). The molecule has 27 heavy (non-hydrogen) atoms. The van der Waals surface area contributed by atoms with Crippen LogP contribution in [0.5, 0.6) is 0 Å². The van der Waals surface area contributed by atoms with Crippen molar-refractivity contribution < 1.29 is 13.9 Å². The van der Waals surface area contributed by atoms with Crippen LogP contribution in [0, 0.1) is 0 Å². The van der Waals surface area contributed by atoms with E-state index in [1.54, 1.807) is 0 Å². The summed E-state index contributed by atoms with van der Waals surface area (Å²) in [6, 6.07) is 0. The van der Waals surface area contributed by atoms with E-state index in [0.717, 1.165) is 30.3 Å². The Balaban J connectivity index is 2.17. The molecule has 0 radical (unpaired) electrons. The number of aromatic nitrogens is 4. The Morgan fingerprint density at radius 2 is 2.04 bits per heavy atom. The van der Waals surface area contributed by atoms with Gasteiger partial charge < -0.3 is 14.6 Å². The molecule has 1 aliphatic carbocycles. The van der Waals surface area contributed by atoms with Crippen molar-refractivity contribution >= 4 is 22.2 Å².